The molecular weight excluding hydrogens is 375 g/mol. The Morgan fingerprint density at radius 1 is 1.27 bits per heavy atom. The number of thiazole rings is 1. The molecule has 0 bridgehead atoms. The van der Waals surface area contributed by atoms with Crippen molar-refractivity contribution >= 4 is 45.2 Å². The van der Waals surface area contributed by atoms with Crippen LogP contribution in [0, 0.1) is 5.82 Å². The van der Waals surface area contributed by atoms with Gasteiger partial charge < -0.3 is 9.30 Å². The third-order valence-electron chi connectivity index (χ3n) is 3.69. The molecule has 0 aliphatic rings. The fraction of sp³-hybridized carbons (Fsp3) is 0.167. The zero-order chi connectivity index (χ0) is 18.7. The van der Waals surface area contributed by atoms with Crippen molar-refractivity contribution in [1.29, 1.82) is 0 Å². The van der Waals surface area contributed by atoms with E-state index in [1.807, 2.05) is 18.4 Å². The molecule has 134 valence electrons. The summed E-state index contributed by atoms with van der Waals surface area (Å²) in [6, 6.07) is 11.4. The first-order valence-corrected chi connectivity index (χ1v) is 9.65. The van der Waals surface area contributed by atoms with Gasteiger partial charge in [-0.2, -0.15) is 4.99 Å². The van der Waals surface area contributed by atoms with Gasteiger partial charge in [0.25, 0.3) is 5.91 Å². The van der Waals surface area contributed by atoms with Gasteiger partial charge in [-0.05, 0) is 36.6 Å². The smallest absolute Gasteiger partial charge is 0.325 e. The first-order chi connectivity index (χ1) is 12.5. The molecule has 26 heavy (non-hydrogen) atoms. The molecule has 0 N–H and O–H groups in total. The van der Waals surface area contributed by atoms with Crippen LogP contribution in [0.3, 0.4) is 0 Å². The Morgan fingerprint density at radius 3 is 2.77 bits per heavy atom. The van der Waals surface area contributed by atoms with Gasteiger partial charge in [0.2, 0.25) is 0 Å². The van der Waals surface area contributed by atoms with Gasteiger partial charge in [-0.25, -0.2) is 4.39 Å². The zero-order valence-electron chi connectivity index (χ0n) is 14.1. The Labute approximate surface area is 157 Å². The topological polar surface area (TPSA) is 60.7 Å². The highest BCUT2D eigenvalue weighted by molar-refractivity contribution is 7.98. The number of amides is 1. The van der Waals surface area contributed by atoms with E-state index in [0.717, 1.165) is 16.2 Å². The molecule has 2 aromatic carbocycles. The summed E-state index contributed by atoms with van der Waals surface area (Å²) in [5.41, 5.74) is 1.10. The largest absolute Gasteiger partial charge is 0.468 e. The molecule has 1 heterocycles. The number of rotatable bonds is 4. The molecular formula is C18H15FN2O3S2. The number of carbonyl (C=O) groups excluding carboxylic acids is 2. The first kappa shape index (κ1) is 18.3. The second kappa shape index (κ2) is 7.84. The molecule has 0 saturated heterocycles. The molecule has 5 nitrogen and oxygen atoms in total. The molecule has 1 amide bonds. The van der Waals surface area contributed by atoms with Gasteiger partial charge in [0.05, 0.1) is 22.9 Å². The molecule has 0 fully saturated rings. The van der Waals surface area contributed by atoms with Crippen LogP contribution < -0.4 is 4.80 Å². The number of halogens is 1. The van der Waals surface area contributed by atoms with Crippen LogP contribution in [0.5, 0.6) is 0 Å². The van der Waals surface area contributed by atoms with E-state index in [0.29, 0.717) is 20.6 Å². The van der Waals surface area contributed by atoms with Crippen LogP contribution in [-0.4, -0.2) is 29.8 Å². The van der Waals surface area contributed by atoms with Crippen molar-refractivity contribution < 1.29 is 18.7 Å². The number of hydrogen-bond acceptors (Lipinski definition) is 5. The molecule has 0 saturated carbocycles. The number of benzene rings is 2. The van der Waals surface area contributed by atoms with E-state index in [9.17, 15) is 14.0 Å². The second-order valence-corrected chi connectivity index (χ2v) is 7.13. The number of nitrogens with zero attached hydrogens (tertiary/aromatic N) is 2. The Hall–Kier alpha value is -2.45. The van der Waals surface area contributed by atoms with E-state index in [-0.39, 0.29) is 6.54 Å². The molecule has 0 spiro atoms. The minimum atomic E-state index is -0.479. The Kier molecular flexibility index (Phi) is 5.53. The molecule has 0 aliphatic heterocycles. The van der Waals surface area contributed by atoms with Crippen molar-refractivity contribution in [3.8, 4) is 0 Å². The van der Waals surface area contributed by atoms with Gasteiger partial charge in [0.1, 0.15) is 12.4 Å². The maximum atomic E-state index is 13.5. The zero-order valence-corrected chi connectivity index (χ0v) is 15.7. The maximum absolute atomic E-state index is 13.5. The summed E-state index contributed by atoms with van der Waals surface area (Å²) in [4.78, 5) is 29.7. The van der Waals surface area contributed by atoms with Crippen LogP contribution in [0.2, 0.25) is 0 Å². The lowest BCUT2D eigenvalue weighted by atomic mass is 10.2. The number of hydrogen-bond donors (Lipinski definition) is 0. The lowest BCUT2D eigenvalue weighted by Crippen LogP contribution is -2.22. The van der Waals surface area contributed by atoms with Crippen LogP contribution in [0.1, 0.15) is 10.4 Å². The maximum Gasteiger partial charge on any atom is 0.325 e. The predicted octanol–water partition coefficient (Wildman–Crippen LogP) is 3.48. The van der Waals surface area contributed by atoms with Crippen molar-refractivity contribution in [2.45, 2.75) is 11.4 Å². The van der Waals surface area contributed by atoms with Crippen LogP contribution >= 0.6 is 23.1 Å². The number of methoxy groups -OCH3 is 1. The minimum absolute atomic E-state index is 0.113. The fourth-order valence-electron chi connectivity index (χ4n) is 2.45. The van der Waals surface area contributed by atoms with Crippen LogP contribution in [0.4, 0.5) is 4.39 Å². The number of esters is 1. The van der Waals surface area contributed by atoms with E-state index >= 15 is 0 Å². The van der Waals surface area contributed by atoms with E-state index in [1.54, 1.807) is 22.8 Å². The third-order valence-corrected chi connectivity index (χ3v) is 5.53. The summed E-state index contributed by atoms with van der Waals surface area (Å²) in [5.74, 6) is -1.29. The lowest BCUT2D eigenvalue weighted by molar-refractivity contribution is -0.141. The fourth-order valence-corrected chi connectivity index (χ4v) is 4.09. The van der Waals surface area contributed by atoms with Crippen molar-refractivity contribution in [1.82, 2.24) is 4.57 Å². The average molecular weight is 390 g/mol. The van der Waals surface area contributed by atoms with E-state index in [4.69, 9.17) is 4.74 Å². The van der Waals surface area contributed by atoms with E-state index < -0.39 is 17.7 Å². The van der Waals surface area contributed by atoms with Gasteiger partial charge in [0.15, 0.2) is 4.80 Å². The highest BCUT2D eigenvalue weighted by Crippen LogP contribution is 2.22. The van der Waals surface area contributed by atoms with Gasteiger partial charge >= 0.3 is 5.97 Å². The summed E-state index contributed by atoms with van der Waals surface area (Å²) < 4.78 is 20.4. The molecule has 8 heteroatoms. The normalized spacial score (nSPS) is 11.7. The number of fused-ring (bicyclic) bond motifs is 1. The Morgan fingerprint density at radius 2 is 2.04 bits per heavy atom. The minimum Gasteiger partial charge on any atom is -0.468 e. The molecule has 1 aromatic heterocycles. The molecule has 0 atom stereocenters. The quantitative estimate of drug-likeness (QED) is 0.506. The summed E-state index contributed by atoms with van der Waals surface area (Å²) in [6.45, 7) is -0.113. The van der Waals surface area contributed by atoms with Crippen LogP contribution in [0.15, 0.2) is 52.4 Å². The lowest BCUT2D eigenvalue weighted by Gasteiger charge is -2.04. The summed E-state index contributed by atoms with van der Waals surface area (Å²) in [7, 11) is 1.29. The Bertz CT molecular complexity index is 1060. The van der Waals surface area contributed by atoms with Gasteiger partial charge in [-0.3, -0.25) is 9.59 Å². The van der Waals surface area contributed by atoms with Crippen LogP contribution in [0.25, 0.3) is 10.2 Å². The van der Waals surface area contributed by atoms with Crippen molar-refractivity contribution in [3.63, 3.8) is 0 Å². The highest BCUT2D eigenvalue weighted by atomic mass is 32.2. The summed E-state index contributed by atoms with van der Waals surface area (Å²) >= 11 is 2.60. The number of ether oxygens (including phenoxy) is 1. The van der Waals surface area contributed by atoms with Gasteiger partial charge in [-0.1, -0.05) is 23.5 Å². The van der Waals surface area contributed by atoms with E-state index in [2.05, 4.69) is 4.99 Å². The number of carbonyl (C=O) groups is 2. The van der Waals surface area contributed by atoms with Crippen molar-refractivity contribution in [3.05, 3.63) is 58.6 Å². The van der Waals surface area contributed by atoms with Crippen molar-refractivity contribution in [2.24, 2.45) is 4.99 Å². The summed E-state index contributed by atoms with van der Waals surface area (Å²) in [5, 5.41) is 0. The SMILES string of the molecule is COC(=O)Cn1c(=NC(=O)c2ccccc2SC)sc2cc(F)ccc21. The van der Waals surface area contributed by atoms with Gasteiger partial charge in [-0.15, -0.1) is 11.8 Å². The number of thioether (sulfide) groups is 1. The molecule has 0 aliphatic carbocycles. The molecule has 0 radical (unpaired) electrons. The molecule has 3 rings (SSSR count). The predicted molar refractivity (Wildman–Crippen MR) is 99.9 cm³/mol. The highest BCUT2D eigenvalue weighted by Gasteiger charge is 2.14. The third kappa shape index (κ3) is 3.71. The molecule has 0 unspecified atom stereocenters. The van der Waals surface area contributed by atoms with Crippen LogP contribution in [-0.2, 0) is 16.1 Å². The first-order valence-electron chi connectivity index (χ1n) is 7.61. The second-order valence-electron chi connectivity index (χ2n) is 5.28. The average Bonchev–Trinajstić information content (AvgIpc) is 2.97. The standard InChI is InChI=1S/C18H15FN2O3S2/c1-24-16(22)10-21-13-8-7-11(19)9-15(13)26-18(21)20-17(23)12-5-3-4-6-14(12)25-2/h3-9H,10H2,1-2H3. The molecule has 3 aromatic rings. The van der Waals surface area contributed by atoms with Crippen molar-refractivity contribution in [2.75, 3.05) is 13.4 Å². The van der Waals surface area contributed by atoms with Gasteiger partial charge in [0, 0.05) is 4.90 Å². The number of aromatic nitrogens is 1. The van der Waals surface area contributed by atoms with E-state index in [1.165, 1.54) is 31.0 Å². The Balaban J connectivity index is 2.16. The monoisotopic (exact) mass is 390 g/mol. The summed E-state index contributed by atoms with van der Waals surface area (Å²) in [6.07, 6.45) is 1.88.